The first kappa shape index (κ1) is 26.7. The fourth-order valence-electron chi connectivity index (χ4n) is 5.14. The zero-order valence-corrected chi connectivity index (χ0v) is 22.3. The number of benzene rings is 2. The van der Waals surface area contributed by atoms with E-state index < -0.39 is 6.04 Å². The first-order chi connectivity index (χ1) is 17.8. The molecule has 2 aliphatic heterocycles. The van der Waals surface area contributed by atoms with Crippen molar-refractivity contribution in [1.82, 2.24) is 20.0 Å². The Labute approximate surface area is 219 Å². The zero-order valence-electron chi connectivity index (χ0n) is 22.3. The Morgan fingerprint density at radius 2 is 1.78 bits per heavy atom. The molecule has 3 amide bonds. The van der Waals surface area contributed by atoms with Gasteiger partial charge in [-0.25, -0.2) is 0 Å². The largest absolute Gasteiger partial charge is 0.497 e. The smallest absolute Gasteiger partial charge is 0.254 e. The van der Waals surface area contributed by atoms with E-state index in [-0.39, 0.29) is 29.7 Å². The molecule has 2 saturated heterocycles. The maximum absolute atomic E-state index is 13.7. The first-order valence-corrected chi connectivity index (χ1v) is 13.1. The number of nitrogens with one attached hydrogen (secondary N) is 1. The molecule has 37 heavy (non-hydrogen) atoms. The van der Waals surface area contributed by atoms with Crippen LogP contribution in [0.4, 0.5) is 0 Å². The average molecular weight is 507 g/mol. The summed E-state index contributed by atoms with van der Waals surface area (Å²) in [5.74, 6) is 0.307. The predicted octanol–water partition coefficient (Wildman–Crippen LogP) is 2.70. The lowest BCUT2D eigenvalue weighted by Gasteiger charge is -2.32. The van der Waals surface area contributed by atoms with E-state index in [4.69, 9.17) is 4.74 Å². The fraction of sp³-hybridized carbons (Fsp3) is 0.483. The zero-order chi connectivity index (χ0) is 26.5. The monoisotopic (exact) mass is 506 g/mol. The Balaban J connectivity index is 1.64. The Morgan fingerprint density at radius 3 is 2.43 bits per heavy atom. The summed E-state index contributed by atoms with van der Waals surface area (Å²) in [6.45, 7) is 9.16. The Morgan fingerprint density at radius 1 is 1.08 bits per heavy atom. The van der Waals surface area contributed by atoms with E-state index in [0.717, 1.165) is 30.0 Å². The Kier molecular flexibility index (Phi) is 8.48. The van der Waals surface area contributed by atoms with E-state index in [9.17, 15) is 14.4 Å². The molecule has 198 valence electrons. The minimum Gasteiger partial charge on any atom is -0.497 e. The van der Waals surface area contributed by atoms with Gasteiger partial charge in [-0.3, -0.25) is 14.4 Å². The molecule has 4 rings (SSSR count). The fourth-order valence-corrected chi connectivity index (χ4v) is 5.14. The van der Waals surface area contributed by atoms with Crippen LogP contribution in [0.15, 0.2) is 48.5 Å². The molecule has 0 bridgehead atoms. The molecule has 2 heterocycles. The van der Waals surface area contributed by atoms with Gasteiger partial charge in [0, 0.05) is 50.7 Å². The van der Waals surface area contributed by atoms with Gasteiger partial charge in [0.2, 0.25) is 11.8 Å². The van der Waals surface area contributed by atoms with Crippen molar-refractivity contribution in [3.63, 3.8) is 0 Å². The summed E-state index contributed by atoms with van der Waals surface area (Å²) in [6.07, 6.45) is 0.419. The van der Waals surface area contributed by atoms with E-state index in [1.54, 1.807) is 12.0 Å². The number of nitrogens with zero attached hydrogens (tertiary/aromatic N) is 3. The number of aryl methyl sites for hydroxylation is 1. The van der Waals surface area contributed by atoms with Crippen LogP contribution < -0.4 is 10.1 Å². The molecule has 1 N–H and O–H groups in total. The van der Waals surface area contributed by atoms with Crippen molar-refractivity contribution in [3.05, 3.63) is 65.2 Å². The van der Waals surface area contributed by atoms with Gasteiger partial charge in [0.05, 0.1) is 13.2 Å². The predicted molar refractivity (Wildman–Crippen MR) is 142 cm³/mol. The summed E-state index contributed by atoms with van der Waals surface area (Å²) in [6, 6.07) is 14.2. The maximum Gasteiger partial charge on any atom is 0.254 e. The summed E-state index contributed by atoms with van der Waals surface area (Å²) in [4.78, 5) is 46.2. The van der Waals surface area contributed by atoms with Crippen LogP contribution in [0.2, 0.25) is 0 Å². The number of ether oxygens (including phenoxy) is 1. The van der Waals surface area contributed by atoms with Crippen molar-refractivity contribution < 1.29 is 19.1 Å². The lowest BCUT2D eigenvalue weighted by atomic mass is 10.0. The first-order valence-electron chi connectivity index (χ1n) is 13.1. The molecule has 2 aromatic carbocycles. The average Bonchev–Trinajstić information content (AvgIpc) is 3.36. The molecular formula is C29H38N4O4. The van der Waals surface area contributed by atoms with Crippen LogP contribution in [0.1, 0.15) is 41.8 Å². The molecule has 2 atom stereocenters. The van der Waals surface area contributed by atoms with Crippen molar-refractivity contribution in [2.45, 2.75) is 45.8 Å². The molecule has 0 aliphatic carbocycles. The van der Waals surface area contributed by atoms with Gasteiger partial charge in [-0.15, -0.1) is 0 Å². The summed E-state index contributed by atoms with van der Waals surface area (Å²) in [5, 5.41) is 3.28. The van der Waals surface area contributed by atoms with Gasteiger partial charge in [-0.2, -0.15) is 0 Å². The SMILES string of the molecule is COc1cccc(CN(C(=O)C(C)C)C2CC(C(=O)N3CCNCC3)N(C(=O)c3ccc(C)cc3)C2)c1. The number of carbonyl (C=O) groups is 3. The molecule has 2 aromatic rings. The van der Waals surface area contributed by atoms with Crippen molar-refractivity contribution in [2.24, 2.45) is 5.92 Å². The Hall–Kier alpha value is -3.39. The highest BCUT2D eigenvalue weighted by atomic mass is 16.5. The molecule has 0 radical (unpaired) electrons. The van der Waals surface area contributed by atoms with Gasteiger partial charge in [-0.1, -0.05) is 43.7 Å². The number of amides is 3. The number of methoxy groups -OCH3 is 1. The third kappa shape index (κ3) is 6.13. The van der Waals surface area contributed by atoms with Crippen LogP contribution in [0, 0.1) is 12.8 Å². The van der Waals surface area contributed by atoms with Gasteiger partial charge in [0.15, 0.2) is 0 Å². The number of hydrogen-bond donors (Lipinski definition) is 1. The van der Waals surface area contributed by atoms with E-state index in [1.165, 1.54) is 0 Å². The van der Waals surface area contributed by atoms with Gasteiger partial charge in [0.25, 0.3) is 5.91 Å². The number of likely N-dealkylation sites (tertiary alicyclic amines) is 1. The van der Waals surface area contributed by atoms with Crippen LogP contribution in [0.3, 0.4) is 0 Å². The number of carbonyl (C=O) groups excluding carboxylic acids is 3. The third-order valence-corrected chi connectivity index (χ3v) is 7.26. The lowest BCUT2D eigenvalue weighted by molar-refractivity contribution is -0.138. The molecule has 0 saturated carbocycles. The second kappa shape index (κ2) is 11.8. The highest BCUT2D eigenvalue weighted by Crippen LogP contribution is 2.29. The highest BCUT2D eigenvalue weighted by Gasteiger charge is 2.45. The second-order valence-electron chi connectivity index (χ2n) is 10.3. The minimum atomic E-state index is -0.607. The van der Waals surface area contributed by atoms with Crippen molar-refractivity contribution in [2.75, 3.05) is 39.8 Å². The minimum absolute atomic E-state index is 0.00539. The van der Waals surface area contributed by atoms with Crippen LogP contribution in [0.5, 0.6) is 5.75 Å². The molecule has 0 spiro atoms. The van der Waals surface area contributed by atoms with Crippen LogP contribution in [-0.2, 0) is 16.1 Å². The summed E-state index contributed by atoms with van der Waals surface area (Å²) in [5.41, 5.74) is 2.57. The van der Waals surface area contributed by atoms with Crippen LogP contribution >= 0.6 is 0 Å². The maximum atomic E-state index is 13.7. The second-order valence-corrected chi connectivity index (χ2v) is 10.3. The number of rotatable bonds is 7. The van der Waals surface area contributed by atoms with Gasteiger partial charge >= 0.3 is 0 Å². The van der Waals surface area contributed by atoms with Gasteiger partial charge in [0.1, 0.15) is 11.8 Å². The van der Waals surface area contributed by atoms with Gasteiger partial charge in [-0.05, 0) is 43.2 Å². The highest BCUT2D eigenvalue weighted by molar-refractivity contribution is 5.98. The van der Waals surface area contributed by atoms with E-state index in [0.29, 0.717) is 38.2 Å². The van der Waals surface area contributed by atoms with Crippen molar-refractivity contribution >= 4 is 17.7 Å². The summed E-state index contributed by atoms with van der Waals surface area (Å²) < 4.78 is 5.38. The quantitative estimate of drug-likeness (QED) is 0.625. The molecule has 2 unspecified atom stereocenters. The number of piperazine rings is 1. The molecule has 0 aromatic heterocycles. The standard InChI is InChI=1S/C29H38N4O4/c1-20(2)27(34)32(18-22-6-5-7-25(16-22)37-4)24-17-26(29(36)31-14-12-30-13-15-31)33(19-24)28(35)23-10-8-21(3)9-11-23/h5-11,16,20,24,26,30H,12-15,17-19H2,1-4H3. The summed E-state index contributed by atoms with van der Waals surface area (Å²) in [7, 11) is 1.62. The van der Waals surface area contributed by atoms with E-state index in [1.807, 2.05) is 79.1 Å². The Bertz CT molecular complexity index is 1110. The topological polar surface area (TPSA) is 82.2 Å². The lowest BCUT2D eigenvalue weighted by Crippen LogP contribution is -2.53. The van der Waals surface area contributed by atoms with Gasteiger partial charge < -0.3 is 24.8 Å². The molecular weight excluding hydrogens is 468 g/mol. The molecule has 8 nitrogen and oxygen atoms in total. The molecule has 8 heteroatoms. The normalized spacial score (nSPS) is 19.7. The molecule has 2 fully saturated rings. The van der Waals surface area contributed by atoms with Crippen LogP contribution in [0.25, 0.3) is 0 Å². The summed E-state index contributed by atoms with van der Waals surface area (Å²) >= 11 is 0. The number of hydrogen-bond acceptors (Lipinski definition) is 5. The van der Waals surface area contributed by atoms with E-state index in [2.05, 4.69) is 5.32 Å². The molecule has 2 aliphatic rings. The van der Waals surface area contributed by atoms with Crippen molar-refractivity contribution in [1.29, 1.82) is 0 Å². The third-order valence-electron chi connectivity index (χ3n) is 7.26. The van der Waals surface area contributed by atoms with Crippen molar-refractivity contribution in [3.8, 4) is 5.75 Å². The van der Waals surface area contributed by atoms with E-state index >= 15 is 0 Å². The van der Waals surface area contributed by atoms with Crippen LogP contribution in [-0.4, -0.2) is 84.3 Å².